The molecule has 2 fully saturated rings. The average molecular weight is 626 g/mol. The molecular formula is C34H51N5O6. The van der Waals surface area contributed by atoms with Crippen LogP contribution in [0.1, 0.15) is 97.0 Å². The van der Waals surface area contributed by atoms with Gasteiger partial charge >= 0.3 is 0 Å². The van der Waals surface area contributed by atoms with Gasteiger partial charge in [0, 0.05) is 37.4 Å². The van der Waals surface area contributed by atoms with Crippen molar-refractivity contribution in [2.24, 2.45) is 0 Å². The Balaban J connectivity index is 0.00000130. The molecule has 2 aliphatic rings. The van der Waals surface area contributed by atoms with Gasteiger partial charge in [-0.3, -0.25) is 24.0 Å². The van der Waals surface area contributed by atoms with Crippen molar-refractivity contribution in [2.45, 2.75) is 116 Å². The van der Waals surface area contributed by atoms with Crippen LogP contribution in [0.25, 0.3) is 10.9 Å². The Morgan fingerprint density at radius 1 is 0.911 bits per heavy atom. The van der Waals surface area contributed by atoms with Crippen LogP contribution in [-0.4, -0.2) is 77.4 Å². The molecule has 248 valence electrons. The minimum Gasteiger partial charge on any atom is -0.417 e. The highest BCUT2D eigenvalue weighted by Crippen LogP contribution is 2.23. The quantitative estimate of drug-likeness (QED) is 0.327. The number of amides is 4. The third-order valence-electron chi connectivity index (χ3n) is 8.53. The van der Waals surface area contributed by atoms with Crippen LogP contribution < -0.4 is 20.8 Å². The fraction of sp³-hybridized carbons (Fsp3) is 0.618. The monoisotopic (exact) mass is 625 g/mol. The van der Waals surface area contributed by atoms with E-state index in [0.29, 0.717) is 45.1 Å². The number of carbonyl (C=O) groups is 5. The van der Waals surface area contributed by atoms with E-state index in [1.54, 1.807) is 18.0 Å². The molecule has 2 aliphatic heterocycles. The molecule has 0 radical (unpaired) electrons. The summed E-state index contributed by atoms with van der Waals surface area (Å²) in [4.78, 5) is 72.1. The van der Waals surface area contributed by atoms with Gasteiger partial charge in [-0.2, -0.15) is 4.73 Å². The lowest BCUT2D eigenvalue weighted by molar-refractivity contribution is -0.144. The molecule has 1 aromatic heterocycles. The van der Waals surface area contributed by atoms with Crippen LogP contribution in [0.15, 0.2) is 30.5 Å². The fourth-order valence-electron chi connectivity index (χ4n) is 5.68. The first-order valence-electron chi connectivity index (χ1n) is 16.6. The first kappa shape index (κ1) is 35.6. The number of nitrogens with one attached hydrogen (secondary N) is 3. The van der Waals surface area contributed by atoms with Crippen molar-refractivity contribution in [3.8, 4) is 0 Å². The van der Waals surface area contributed by atoms with Crippen LogP contribution >= 0.6 is 0 Å². The van der Waals surface area contributed by atoms with Crippen molar-refractivity contribution < 1.29 is 28.8 Å². The molecule has 11 nitrogen and oxygen atoms in total. The molecule has 4 rings (SSSR count). The first-order valence-corrected chi connectivity index (χ1v) is 16.6. The van der Waals surface area contributed by atoms with Crippen LogP contribution in [0, 0.1) is 0 Å². The first-order chi connectivity index (χ1) is 21.7. The molecular weight excluding hydrogens is 574 g/mol. The van der Waals surface area contributed by atoms with E-state index in [-0.39, 0.29) is 30.6 Å². The topological polar surface area (TPSA) is 139 Å². The lowest BCUT2D eigenvalue weighted by Gasteiger charge is -2.36. The number of nitrogens with zero attached hydrogens (tertiary/aromatic N) is 2. The summed E-state index contributed by atoms with van der Waals surface area (Å²) in [5.41, 5.74) is 1.61. The Hall–Kier alpha value is -3.89. The molecule has 3 heterocycles. The number of Topliss-reactive ketones (excluding diaryl/α,β-unsaturated/α-hetero) is 1. The number of hydrogen-bond acceptors (Lipinski definition) is 6. The number of benzene rings is 1. The van der Waals surface area contributed by atoms with E-state index < -0.39 is 29.9 Å². The number of aromatic nitrogens is 1. The zero-order chi connectivity index (χ0) is 32.8. The Morgan fingerprint density at radius 2 is 1.64 bits per heavy atom. The van der Waals surface area contributed by atoms with Crippen molar-refractivity contribution in [2.75, 3.05) is 20.2 Å². The van der Waals surface area contributed by atoms with Crippen LogP contribution in [0.3, 0.4) is 0 Å². The maximum Gasteiger partial charge on any atom is 0.243 e. The third-order valence-corrected chi connectivity index (χ3v) is 8.53. The summed E-state index contributed by atoms with van der Waals surface area (Å²) < 4.78 is 1.60. The smallest absolute Gasteiger partial charge is 0.243 e. The molecule has 0 bridgehead atoms. The van der Waals surface area contributed by atoms with Gasteiger partial charge in [0.2, 0.25) is 23.6 Å². The number of ketones is 1. The van der Waals surface area contributed by atoms with E-state index in [0.717, 1.165) is 35.7 Å². The highest BCUT2D eigenvalue weighted by Gasteiger charge is 2.36. The molecule has 3 atom stereocenters. The molecule has 45 heavy (non-hydrogen) atoms. The van der Waals surface area contributed by atoms with E-state index in [1.807, 2.05) is 31.2 Å². The highest BCUT2D eigenvalue weighted by molar-refractivity contribution is 5.97. The number of unbranched alkanes of at least 4 members (excludes halogenated alkanes) is 3. The SMILES string of the molecule is CCC(=O)CCCCC[C@@H]1NC(=O)[C@H]2CCCCN2C(=O)CNC(=O)[C@@H](Cc2cn(OC)c3ccccc23)NC1=O.CCCC. The molecule has 2 saturated heterocycles. The van der Waals surface area contributed by atoms with Gasteiger partial charge < -0.3 is 25.7 Å². The predicted octanol–water partition coefficient (Wildman–Crippen LogP) is 3.46. The van der Waals surface area contributed by atoms with Crippen LogP contribution in [0.4, 0.5) is 0 Å². The van der Waals surface area contributed by atoms with E-state index in [2.05, 4.69) is 29.8 Å². The van der Waals surface area contributed by atoms with Crippen LogP contribution in [0.5, 0.6) is 0 Å². The Morgan fingerprint density at radius 3 is 2.36 bits per heavy atom. The van der Waals surface area contributed by atoms with E-state index in [4.69, 9.17) is 4.84 Å². The Bertz CT molecular complexity index is 1310. The molecule has 4 amide bonds. The van der Waals surface area contributed by atoms with Gasteiger partial charge in [0.15, 0.2) is 0 Å². The Kier molecular flexibility index (Phi) is 14.4. The van der Waals surface area contributed by atoms with Gasteiger partial charge in [0.05, 0.1) is 12.1 Å². The number of fused-ring (bicyclic) bond motifs is 2. The maximum atomic E-state index is 13.6. The summed E-state index contributed by atoms with van der Waals surface area (Å²) in [6.45, 7) is 6.37. The number of para-hydroxylation sites is 1. The van der Waals surface area contributed by atoms with E-state index in [1.165, 1.54) is 17.7 Å². The molecule has 0 unspecified atom stereocenters. The normalized spacial score (nSPS) is 20.9. The zero-order valence-corrected chi connectivity index (χ0v) is 27.4. The Labute approximate surface area is 266 Å². The molecule has 0 saturated carbocycles. The molecule has 11 heteroatoms. The van der Waals surface area contributed by atoms with Crippen molar-refractivity contribution in [1.82, 2.24) is 25.6 Å². The summed E-state index contributed by atoms with van der Waals surface area (Å²) in [5, 5.41) is 9.32. The summed E-state index contributed by atoms with van der Waals surface area (Å²) in [5.74, 6) is -1.40. The zero-order valence-electron chi connectivity index (χ0n) is 27.4. The fourth-order valence-corrected chi connectivity index (χ4v) is 5.68. The van der Waals surface area contributed by atoms with Crippen molar-refractivity contribution >= 4 is 40.3 Å². The van der Waals surface area contributed by atoms with E-state index >= 15 is 0 Å². The minimum atomic E-state index is -0.982. The van der Waals surface area contributed by atoms with Gasteiger partial charge in [-0.25, -0.2) is 0 Å². The maximum absolute atomic E-state index is 13.6. The summed E-state index contributed by atoms with van der Waals surface area (Å²) in [6.07, 6.45) is 10.1. The minimum absolute atomic E-state index is 0.161. The largest absolute Gasteiger partial charge is 0.417 e. The number of rotatable bonds is 11. The number of hydrogen-bond donors (Lipinski definition) is 3. The number of piperidine rings is 1. The van der Waals surface area contributed by atoms with Gasteiger partial charge in [0.1, 0.15) is 31.0 Å². The van der Waals surface area contributed by atoms with Gasteiger partial charge in [-0.05, 0) is 43.7 Å². The second-order valence-corrected chi connectivity index (χ2v) is 11.8. The highest BCUT2D eigenvalue weighted by atomic mass is 16.6. The van der Waals surface area contributed by atoms with Crippen LogP contribution in [-0.2, 0) is 30.4 Å². The standard InChI is InChI=1S/C30H41N5O6.C4H10/c1-3-21(36)11-5-4-6-13-23-29(39)33-24(17-20-19-35(41-2)25-14-8-7-12-22(20)25)28(38)31-18-27(37)34-16-10-9-15-26(34)30(40)32-23;1-3-4-2/h7-8,12,14,19,23-24,26H,3-6,9-11,13,15-18H2,1-2H3,(H,31,38)(H,32,40)(H,33,39);3-4H2,1-2H3/t23-,24+,26+;/m0./s1. The van der Waals surface area contributed by atoms with Crippen molar-refractivity contribution in [3.63, 3.8) is 0 Å². The molecule has 1 aromatic carbocycles. The summed E-state index contributed by atoms with van der Waals surface area (Å²) in [7, 11) is 1.55. The van der Waals surface area contributed by atoms with Gasteiger partial charge in [-0.1, -0.05) is 64.7 Å². The lowest BCUT2D eigenvalue weighted by atomic mass is 9.98. The van der Waals surface area contributed by atoms with Gasteiger partial charge in [-0.15, -0.1) is 0 Å². The second kappa shape index (κ2) is 18.2. The van der Waals surface area contributed by atoms with Crippen molar-refractivity contribution in [3.05, 3.63) is 36.0 Å². The average Bonchev–Trinajstić information content (AvgIpc) is 3.42. The van der Waals surface area contributed by atoms with E-state index in [9.17, 15) is 24.0 Å². The molecule has 3 N–H and O–H groups in total. The lowest BCUT2D eigenvalue weighted by Crippen LogP contribution is -2.61. The molecule has 2 aromatic rings. The van der Waals surface area contributed by atoms with Crippen molar-refractivity contribution in [1.29, 1.82) is 0 Å². The predicted molar refractivity (Wildman–Crippen MR) is 173 cm³/mol. The van der Waals surface area contributed by atoms with Crippen LogP contribution in [0.2, 0.25) is 0 Å². The molecule has 0 spiro atoms. The summed E-state index contributed by atoms with van der Waals surface area (Å²) >= 11 is 0. The van der Waals surface area contributed by atoms with Gasteiger partial charge in [0.25, 0.3) is 0 Å². The summed E-state index contributed by atoms with van der Waals surface area (Å²) in [6, 6.07) is 5.05. The number of carbonyl (C=O) groups excluding carboxylic acids is 5. The third kappa shape index (κ3) is 10.1. The molecule has 0 aliphatic carbocycles. The second-order valence-electron chi connectivity index (χ2n) is 11.8.